The maximum Gasteiger partial charge on any atom is 0.328 e. The van der Waals surface area contributed by atoms with E-state index in [1.165, 1.54) is 0 Å². The van der Waals surface area contributed by atoms with Crippen LogP contribution in [-0.4, -0.2) is 34.1 Å². The van der Waals surface area contributed by atoms with Gasteiger partial charge in [0.15, 0.2) is 5.65 Å². The van der Waals surface area contributed by atoms with Crippen molar-refractivity contribution in [1.82, 2.24) is 34.1 Å². The summed E-state index contributed by atoms with van der Waals surface area (Å²) in [4.78, 5) is 32.8. The standard InChI is InChI=1S/C19H15N7O/c1-12-4-5-14-16(7-12)26(11-22-14)18-21-9-15-17(24-18)25(19(27)23-15)10-13-3-2-6-20-8-13/h2-9,11H,10H2,1H3,(H,23,27). The minimum absolute atomic E-state index is 0.230. The highest BCUT2D eigenvalue weighted by molar-refractivity contribution is 5.78. The number of pyridine rings is 1. The van der Waals surface area contributed by atoms with Crippen LogP contribution >= 0.6 is 0 Å². The Labute approximate surface area is 153 Å². The smallest absolute Gasteiger partial charge is 0.303 e. The summed E-state index contributed by atoms with van der Waals surface area (Å²) in [6.45, 7) is 2.41. The molecule has 1 aromatic carbocycles. The van der Waals surface area contributed by atoms with E-state index in [4.69, 9.17) is 0 Å². The number of rotatable bonds is 3. The van der Waals surface area contributed by atoms with E-state index < -0.39 is 0 Å². The van der Waals surface area contributed by atoms with Gasteiger partial charge in [-0.15, -0.1) is 0 Å². The van der Waals surface area contributed by atoms with E-state index in [9.17, 15) is 4.79 Å². The maximum atomic E-state index is 12.4. The van der Waals surface area contributed by atoms with Gasteiger partial charge in [-0.3, -0.25) is 14.1 Å². The predicted octanol–water partition coefficient (Wildman–Crippen LogP) is 2.21. The molecule has 5 rings (SSSR count). The number of nitrogens with zero attached hydrogens (tertiary/aromatic N) is 6. The number of imidazole rings is 2. The Hall–Kier alpha value is -3.81. The molecule has 27 heavy (non-hydrogen) atoms. The van der Waals surface area contributed by atoms with Crippen molar-refractivity contribution in [3.63, 3.8) is 0 Å². The number of nitrogens with one attached hydrogen (secondary N) is 1. The summed E-state index contributed by atoms with van der Waals surface area (Å²) >= 11 is 0. The summed E-state index contributed by atoms with van der Waals surface area (Å²) in [6, 6.07) is 9.79. The number of hydrogen-bond donors (Lipinski definition) is 1. The molecule has 4 aromatic heterocycles. The summed E-state index contributed by atoms with van der Waals surface area (Å²) in [7, 11) is 0. The second kappa shape index (κ2) is 5.87. The first kappa shape index (κ1) is 15.4. The number of fused-ring (bicyclic) bond motifs is 2. The molecular formula is C19H15N7O. The minimum atomic E-state index is -0.230. The fourth-order valence-electron chi connectivity index (χ4n) is 3.15. The SMILES string of the molecule is Cc1ccc2ncn(-c3ncc4[nH]c(=O)n(Cc5cccnc5)c4n3)c2c1. The van der Waals surface area contributed by atoms with Crippen molar-refractivity contribution in [2.75, 3.05) is 0 Å². The van der Waals surface area contributed by atoms with Crippen molar-refractivity contribution in [2.24, 2.45) is 0 Å². The van der Waals surface area contributed by atoms with Gasteiger partial charge in [-0.2, -0.15) is 4.98 Å². The average Bonchev–Trinajstić information content (AvgIpc) is 3.23. The highest BCUT2D eigenvalue weighted by Crippen LogP contribution is 2.18. The molecule has 5 aromatic rings. The third-order valence-electron chi connectivity index (χ3n) is 4.48. The number of benzene rings is 1. The van der Waals surface area contributed by atoms with Gasteiger partial charge < -0.3 is 4.98 Å². The third kappa shape index (κ3) is 2.58. The van der Waals surface area contributed by atoms with E-state index in [1.807, 2.05) is 41.8 Å². The lowest BCUT2D eigenvalue weighted by atomic mass is 10.2. The van der Waals surface area contributed by atoms with Gasteiger partial charge in [0.2, 0.25) is 5.95 Å². The Kier molecular flexibility index (Phi) is 3.36. The molecule has 132 valence electrons. The Morgan fingerprint density at radius 2 is 2.07 bits per heavy atom. The van der Waals surface area contributed by atoms with Gasteiger partial charge in [-0.25, -0.2) is 14.8 Å². The van der Waals surface area contributed by atoms with Crippen LogP contribution < -0.4 is 5.69 Å². The van der Waals surface area contributed by atoms with Gasteiger partial charge >= 0.3 is 5.69 Å². The molecule has 0 aliphatic carbocycles. The van der Waals surface area contributed by atoms with Crippen molar-refractivity contribution in [2.45, 2.75) is 13.5 Å². The average molecular weight is 357 g/mol. The van der Waals surface area contributed by atoms with E-state index in [2.05, 4.69) is 24.9 Å². The highest BCUT2D eigenvalue weighted by Gasteiger charge is 2.13. The van der Waals surface area contributed by atoms with Crippen LogP contribution in [0.1, 0.15) is 11.1 Å². The van der Waals surface area contributed by atoms with Gasteiger partial charge in [-0.1, -0.05) is 12.1 Å². The van der Waals surface area contributed by atoms with Crippen molar-refractivity contribution < 1.29 is 0 Å². The molecule has 4 heterocycles. The Bertz CT molecular complexity index is 1330. The van der Waals surface area contributed by atoms with Crippen LogP contribution in [0, 0.1) is 6.92 Å². The van der Waals surface area contributed by atoms with Crippen LogP contribution in [0.4, 0.5) is 0 Å². The second-order valence-electron chi connectivity index (χ2n) is 6.39. The van der Waals surface area contributed by atoms with Gasteiger partial charge in [0.1, 0.15) is 11.8 Å². The first-order valence-corrected chi connectivity index (χ1v) is 8.47. The molecular weight excluding hydrogens is 342 g/mol. The maximum absolute atomic E-state index is 12.4. The highest BCUT2D eigenvalue weighted by atomic mass is 16.1. The second-order valence-corrected chi connectivity index (χ2v) is 6.39. The van der Waals surface area contributed by atoms with Crippen molar-refractivity contribution in [3.05, 3.63) is 76.9 Å². The van der Waals surface area contributed by atoms with E-state index in [0.717, 1.165) is 22.2 Å². The van der Waals surface area contributed by atoms with Crippen molar-refractivity contribution in [1.29, 1.82) is 0 Å². The van der Waals surface area contributed by atoms with Gasteiger partial charge in [0.05, 0.1) is 23.8 Å². The lowest BCUT2D eigenvalue weighted by Crippen LogP contribution is -2.18. The number of aromatic amines is 1. The fourth-order valence-corrected chi connectivity index (χ4v) is 3.15. The molecule has 8 nitrogen and oxygen atoms in total. The zero-order valence-corrected chi connectivity index (χ0v) is 14.5. The monoisotopic (exact) mass is 357 g/mol. The summed E-state index contributed by atoms with van der Waals surface area (Å²) in [5.41, 5.74) is 4.74. The Morgan fingerprint density at radius 1 is 1.15 bits per heavy atom. The van der Waals surface area contributed by atoms with Crippen LogP contribution in [0.2, 0.25) is 0 Å². The lowest BCUT2D eigenvalue weighted by Gasteiger charge is -2.05. The van der Waals surface area contributed by atoms with E-state index in [0.29, 0.717) is 23.7 Å². The molecule has 0 aliphatic rings. The van der Waals surface area contributed by atoms with Crippen molar-refractivity contribution in [3.8, 4) is 5.95 Å². The zero-order valence-electron chi connectivity index (χ0n) is 14.5. The number of aryl methyl sites for hydroxylation is 1. The molecule has 0 fully saturated rings. The molecule has 0 bridgehead atoms. The molecule has 0 spiro atoms. The summed E-state index contributed by atoms with van der Waals surface area (Å²) in [6.07, 6.45) is 6.76. The quantitative estimate of drug-likeness (QED) is 0.534. The normalized spacial score (nSPS) is 11.4. The van der Waals surface area contributed by atoms with Crippen LogP contribution in [-0.2, 0) is 6.54 Å². The minimum Gasteiger partial charge on any atom is -0.303 e. The number of aromatic nitrogens is 7. The zero-order chi connectivity index (χ0) is 18.4. The van der Waals surface area contributed by atoms with Gasteiger partial charge in [0, 0.05) is 12.4 Å². The van der Waals surface area contributed by atoms with Crippen LogP contribution in [0.3, 0.4) is 0 Å². The van der Waals surface area contributed by atoms with E-state index >= 15 is 0 Å². The fraction of sp³-hybridized carbons (Fsp3) is 0.105. The van der Waals surface area contributed by atoms with E-state index in [1.54, 1.807) is 29.5 Å². The molecule has 1 N–H and O–H groups in total. The Morgan fingerprint density at radius 3 is 2.93 bits per heavy atom. The molecule has 0 saturated heterocycles. The summed E-state index contributed by atoms with van der Waals surface area (Å²) in [5.74, 6) is 0.467. The van der Waals surface area contributed by atoms with Crippen LogP contribution in [0.25, 0.3) is 28.1 Å². The molecule has 8 heteroatoms. The van der Waals surface area contributed by atoms with Crippen LogP contribution in [0.5, 0.6) is 0 Å². The van der Waals surface area contributed by atoms with Crippen molar-refractivity contribution >= 4 is 22.2 Å². The molecule has 0 aliphatic heterocycles. The van der Waals surface area contributed by atoms with Gasteiger partial charge in [0.25, 0.3) is 0 Å². The summed E-state index contributed by atoms with van der Waals surface area (Å²) < 4.78 is 3.41. The van der Waals surface area contributed by atoms with Gasteiger partial charge in [-0.05, 0) is 36.2 Å². The summed E-state index contributed by atoms with van der Waals surface area (Å²) in [5, 5.41) is 0. The largest absolute Gasteiger partial charge is 0.328 e. The lowest BCUT2D eigenvalue weighted by molar-refractivity contribution is 0.771. The van der Waals surface area contributed by atoms with Crippen LogP contribution in [0.15, 0.2) is 60.0 Å². The predicted molar refractivity (Wildman–Crippen MR) is 101 cm³/mol. The molecule has 0 unspecified atom stereocenters. The first-order chi connectivity index (χ1) is 13.2. The molecule has 0 amide bonds. The first-order valence-electron chi connectivity index (χ1n) is 8.47. The number of hydrogen-bond acceptors (Lipinski definition) is 5. The Balaban J connectivity index is 1.67. The molecule has 0 saturated carbocycles. The van der Waals surface area contributed by atoms with E-state index in [-0.39, 0.29) is 5.69 Å². The topological polar surface area (TPSA) is 94.3 Å². The molecule has 0 atom stereocenters. The number of H-pyrrole nitrogens is 1. The third-order valence-corrected chi connectivity index (χ3v) is 4.48. The molecule has 0 radical (unpaired) electrons.